The van der Waals surface area contributed by atoms with Crippen LogP contribution in [0.2, 0.25) is 0 Å². The topological polar surface area (TPSA) is 112 Å². The van der Waals surface area contributed by atoms with Crippen LogP contribution in [0.25, 0.3) is 0 Å². The number of nitrogens with zero attached hydrogens (tertiary/aromatic N) is 1. The average Bonchev–Trinajstić information content (AvgIpc) is 3.15. The highest BCUT2D eigenvalue weighted by Crippen LogP contribution is 2.15. The molecule has 2 aliphatic rings. The second kappa shape index (κ2) is 11.4. The first-order chi connectivity index (χ1) is 12.7. The largest absolute Gasteiger partial charge is 0.444 e. The first-order valence-electron chi connectivity index (χ1n) is 9.30. The number of nitrogens with one attached hydrogen (secondary N) is 1. The van der Waals surface area contributed by atoms with E-state index in [1.165, 1.54) is 0 Å². The van der Waals surface area contributed by atoms with Gasteiger partial charge < -0.3 is 31.0 Å². The van der Waals surface area contributed by atoms with Gasteiger partial charge in [-0.3, -0.25) is 4.90 Å². The molecule has 0 saturated carbocycles. The molecule has 2 saturated heterocycles. The second-order valence-electron chi connectivity index (χ2n) is 7.75. The molecule has 4 atom stereocenters. The Bertz CT molecular complexity index is 463. The minimum atomic E-state index is -0.499. The van der Waals surface area contributed by atoms with Crippen molar-refractivity contribution in [1.82, 2.24) is 10.2 Å². The van der Waals surface area contributed by atoms with Gasteiger partial charge in [-0.05, 0) is 20.8 Å². The Labute approximate surface area is 162 Å². The van der Waals surface area contributed by atoms with E-state index in [2.05, 4.69) is 23.4 Å². The molecule has 1 amide bonds. The van der Waals surface area contributed by atoms with Crippen molar-refractivity contribution < 1.29 is 19.0 Å². The van der Waals surface area contributed by atoms with E-state index >= 15 is 0 Å². The number of nitrogens with two attached hydrogens (primary N) is 2. The van der Waals surface area contributed by atoms with Gasteiger partial charge in [-0.25, -0.2) is 4.79 Å². The van der Waals surface area contributed by atoms with Crippen LogP contribution in [0.15, 0.2) is 25.3 Å². The van der Waals surface area contributed by atoms with Gasteiger partial charge in [-0.1, -0.05) is 12.2 Å². The molecule has 2 fully saturated rings. The number of hydrogen-bond acceptors (Lipinski definition) is 7. The molecular formula is C19H36N4O4. The summed E-state index contributed by atoms with van der Waals surface area (Å²) in [6, 6.07) is 0.170. The monoisotopic (exact) mass is 384 g/mol. The van der Waals surface area contributed by atoms with Crippen molar-refractivity contribution in [2.75, 3.05) is 39.5 Å². The Kier molecular flexibility index (Phi) is 9.97. The van der Waals surface area contributed by atoms with Crippen LogP contribution < -0.4 is 16.8 Å². The number of alkyl carbamates (subject to hydrolysis) is 1. The Balaban J connectivity index is 0.000000433. The van der Waals surface area contributed by atoms with Crippen molar-refractivity contribution in [2.24, 2.45) is 11.5 Å². The first-order valence-corrected chi connectivity index (χ1v) is 9.30. The number of hydrogen-bond donors (Lipinski definition) is 3. The molecule has 0 aromatic rings. The lowest BCUT2D eigenvalue weighted by molar-refractivity contribution is 0.0482. The standard InChI is InChI=1S/C15H26N2O3.C4H10N2O/c1-6-8-17(9-7-2)13-11-19-10-12(13)16-14(18)20-15(3,4)5;5-3-1-7-2-4(3)6/h6-7,12-13H,1-2,8-11H2,3-5H3,(H,16,18);3-4H,1-2,5-6H2/t12-,13-;3-,4-/m01/s1. The minimum Gasteiger partial charge on any atom is -0.444 e. The van der Waals surface area contributed by atoms with E-state index in [1.807, 2.05) is 32.9 Å². The van der Waals surface area contributed by atoms with E-state index in [0.29, 0.717) is 26.4 Å². The molecule has 0 radical (unpaired) electrons. The van der Waals surface area contributed by atoms with Crippen molar-refractivity contribution in [3.05, 3.63) is 25.3 Å². The summed E-state index contributed by atoms with van der Waals surface area (Å²) in [7, 11) is 0. The highest BCUT2D eigenvalue weighted by atomic mass is 16.6. The lowest BCUT2D eigenvalue weighted by Crippen LogP contribution is -2.52. The molecule has 0 aromatic heterocycles. The van der Waals surface area contributed by atoms with Crippen LogP contribution in [-0.2, 0) is 14.2 Å². The molecule has 0 aliphatic carbocycles. The van der Waals surface area contributed by atoms with Gasteiger partial charge in [-0.2, -0.15) is 0 Å². The smallest absolute Gasteiger partial charge is 0.408 e. The molecule has 0 aromatic carbocycles. The highest BCUT2D eigenvalue weighted by Gasteiger charge is 2.34. The predicted octanol–water partition coefficient (Wildman–Crippen LogP) is 0.624. The van der Waals surface area contributed by atoms with Crippen LogP contribution in [-0.4, -0.2) is 80.3 Å². The van der Waals surface area contributed by atoms with Crippen molar-refractivity contribution in [3.63, 3.8) is 0 Å². The Morgan fingerprint density at radius 3 is 2.04 bits per heavy atom. The van der Waals surface area contributed by atoms with E-state index in [4.69, 9.17) is 25.7 Å². The molecule has 8 nitrogen and oxygen atoms in total. The van der Waals surface area contributed by atoms with Crippen molar-refractivity contribution in [1.29, 1.82) is 0 Å². The number of ether oxygens (including phenoxy) is 3. The summed E-state index contributed by atoms with van der Waals surface area (Å²) in [5.74, 6) is 0. The SMILES string of the molecule is C=CCN(CC=C)[C@H]1COC[C@@H]1NC(=O)OC(C)(C)C.N[C@@H]1COC[C@H]1N. The van der Waals surface area contributed by atoms with E-state index in [0.717, 1.165) is 13.1 Å². The van der Waals surface area contributed by atoms with Gasteiger partial charge >= 0.3 is 6.09 Å². The highest BCUT2D eigenvalue weighted by molar-refractivity contribution is 5.68. The fourth-order valence-corrected chi connectivity index (χ4v) is 2.76. The van der Waals surface area contributed by atoms with Crippen LogP contribution in [0.3, 0.4) is 0 Å². The Morgan fingerprint density at radius 1 is 1.11 bits per heavy atom. The van der Waals surface area contributed by atoms with Gasteiger partial charge in [0.1, 0.15) is 5.60 Å². The third-order valence-corrected chi connectivity index (χ3v) is 4.12. The van der Waals surface area contributed by atoms with Gasteiger partial charge in [-0.15, -0.1) is 13.2 Å². The maximum atomic E-state index is 11.9. The molecular weight excluding hydrogens is 348 g/mol. The van der Waals surface area contributed by atoms with Crippen LogP contribution in [0, 0.1) is 0 Å². The maximum absolute atomic E-state index is 11.9. The summed E-state index contributed by atoms with van der Waals surface area (Å²) >= 11 is 0. The molecule has 156 valence electrons. The van der Waals surface area contributed by atoms with E-state index < -0.39 is 11.7 Å². The fraction of sp³-hybridized carbons (Fsp3) is 0.737. The van der Waals surface area contributed by atoms with Gasteiger partial charge in [0, 0.05) is 25.2 Å². The number of rotatable bonds is 6. The van der Waals surface area contributed by atoms with Gasteiger partial charge in [0.2, 0.25) is 0 Å². The average molecular weight is 385 g/mol. The van der Waals surface area contributed by atoms with Crippen LogP contribution in [0.4, 0.5) is 4.79 Å². The van der Waals surface area contributed by atoms with E-state index in [-0.39, 0.29) is 24.2 Å². The number of carbonyl (C=O) groups excluding carboxylic acids is 1. The molecule has 2 rings (SSSR count). The molecule has 27 heavy (non-hydrogen) atoms. The fourth-order valence-electron chi connectivity index (χ4n) is 2.76. The van der Waals surface area contributed by atoms with Crippen LogP contribution in [0.1, 0.15) is 20.8 Å². The van der Waals surface area contributed by atoms with E-state index in [9.17, 15) is 4.79 Å². The molecule has 0 bridgehead atoms. The Morgan fingerprint density at radius 2 is 1.63 bits per heavy atom. The Hall–Kier alpha value is -1.45. The second-order valence-corrected chi connectivity index (χ2v) is 7.75. The molecule has 2 heterocycles. The number of carbonyl (C=O) groups is 1. The molecule has 0 unspecified atom stereocenters. The maximum Gasteiger partial charge on any atom is 0.408 e. The quantitative estimate of drug-likeness (QED) is 0.576. The van der Waals surface area contributed by atoms with Gasteiger partial charge in [0.05, 0.1) is 38.5 Å². The third-order valence-electron chi connectivity index (χ3n) is 4.12. The van der Waals surface area contributed by atoms with E-state index in [1.54, 1.807) is 0 Å². The third kappa shape index (κ3) is 8.85. The normalized spacial score (nSPS) is 27.6. The summed E-state index contributed by atoms with van der Waals surface area (Å²) in [5.41, 5.74) is 10.4. The molecule has 2 aliphatic heterocycles. The lowest BCUT2D eigenvalue weighted by Gasteiger charge is -2.30. The summed E-state index contributed by atoms with van der Waals surface area (Å²) in [5, 5.41) is 2.89. The van der Waals surface area contributed by atoms with Gasteiger partial charge in [0.15, 0.2) is 0 Å². The molecule has 8 heteroatoms. The van der Waals surface area contributed by atoms with Crippen molar-refractivity contribution in [2.45, 2.75) is 50.5 Å². The summed E-state index contributed by atoms with van der Waals surface area (Å²) in [4.78, 5) is 14.0. The number of amides is 1. The van der Waals surface area contributed by atoms with Crippen LogP contribution >= 0.6 is 0 Å². The minimum absolute atomic E-state index is 0.0694. The molecule has 5 N–H and O–H groups in total. The zero-order valence-electron chi connectivity index (χ0n) is 16.9. The van der Waals surface area contributed by atoms with Crippen molar-refractivity contribution in [3.8, 4) is 0 Å². The van der Waals surface area contributed by atoms with Crippen molar-refractivity contribution >= 4 is 6.09 Å². The first kappa shape index (κ1) is 23.6. The van der Waals surface area contributed by atoms with Gasteiger partial charge in [0.25, 0.3) is 0 Å². The summed E-state index contributed by atoms with van der Waals surface area (Å²) in [6.45, 7) is 16.8. The summed E-state index contributed by atoms with van der Waals surface area (Å²) < 4.78 is 15.7. The zero-order valence-corrected chi connectivity index (χ0v) is 16.9. The lowest BCUT2D eigenvalue weighted by atomic mass is 10.1. The molecule has 0 spiro atoms. The zero-order chi connectivity index (χ0) is 20.4. The summed E-state index contributed by atoms with van der Waals surface area (Å²) in [6.07, 6.45) is 3.27. The predicted molar refractivity (Wildman–Crippen MR) is 107 cm³/mol. The van der Waals surface area contributed by atoms with Crippen LogP contribution in [0.5, 0.6) is 0 Å².